The molecule has 0 fully saturated rings. The van der Waals surface area contributed by atoms with Crippen LogP contribution >= 0.6 is 23.1 Å². The number of thiophene rings is 1. The molecule has 0 saturated heterocycles. The number of hydrogen-bond donors (Lipinski definition) is 1. The Hall–Kier alpha value is -1.14. The molecule has 1 atom stereocenters. The lowest BCUT2D eigenvalue weighted by Crippen LogP contribution is -2.22. The Morgan fingerprint density at radius 3 is 2.82 bits per heavy atom. The Kier molecular flexibility index (Phi) is 3.35. The molecule has 6 heteroatoms. The van der Waals surface area contributed by atoms with Crippen LogP contribution in [0.2, 0.25) is 0 Å². The topological polar surface area (TPSA) is 68.9 Å². The number of fused-ring (bicyclic) bond motifs is 1. The Morgan fingerprint density at radius 2 is 2.18 bits per heavy atom. The fourth-order valence-corrected chi connectivity index (χ4v) is 3.45. The summed E-state index contributed by atoms with van der Waals surface area (Å²) >= 11 is 3.04. The summed E-state index contributed by atoms with van der Waals surface area (Å²) in [6, 6.07) is 0. The van der Waals surface area contributed by atoms with E-state index < -0.39 is 0 Å². The summed E-state index contributed by atoms with van der Waals surface area (Å²) in [5, 5.41) is 1.60. The molecule has 0 aliphatic rings. The maximum atomic E-state index is 11.1. The average molecular weight is 267 g/mol. The van der Waals surface area contributed by atoms with Crippen LogP contribution in [0.5, 0.6) is 0 Å². The first-order valence-corrected chi connectivity index (χ1v) is 6.87. The van der Waals surface area contributed by atoms with Crippen LogP contribution in [0, 0.1) is 13.8 Å². The first-order chi connectivity index (χ1) is 8.00. The lowest BCUT2D eigenvalue weighted by molar-refractivity contribution is -0.117. The second-order valence-corrected chi connectivity index (χ2v) is 6.34. The van der Waals surface area contributed by atoms with Gasteiger partial charge < -0.3 is 5.73 Å². The summed E-state index contributed by atoms with van der Waals surface area (Å²) in [7, 11) is 0. The predicted octanol–water partition coefficient (Wildman–Crippen LogP) is 2.27. The van der Waals surface area contributed by atoms with Crippen molar-refractivity contribution in [3.8, 4) is 0 Å². The van der Waals surface area contributed by atoms with Crippen molar-refractivity contribution in [3.63, 3.8) is 0 Å². The zero-order valence-corrected chi connectivity index (χ0v) is 11.5. The Bertz CT molecular complexity index is 579. The summed E-state index contributed by atoms with van der Waals surface area (Å²) in [6.45, 7) is 5.90. The third kappa shape index (κ3) is 2.28. The van der Waals surface area contributed by atoms with E-state index in [1.165, 1.54) is 28.5 Å². The molecule has 90 valence electrons. The van der Waals surface area contributed by atoms with Gasteiger partial charge in [0, 0.05) is 10.3 Å². The first kappa shape index (κ1) is 12.3. The van der Waals surface area contributed by atoms with E-state index in [9.17, 15) is 4.79 Å². The second-order valence-electron chi connectivity index (χ2n) is 3.80. The summed E-state index contributed by atoms with van der Waals surface area (Å²) in [5.74, 6) is -0.327. The average Bonchev–Trinajstić information content (AvgIpc) is 2.56. The highest BCUT2D eigenvalue weighted by molar-refractivity contribution is 8.00. The molecule has 2 aromatic rings. The molecule has 0 spiro atoms. The van der Waals surface area contributed by atoms with Gasteiger partial charge in [-0.05, 0) is 26.3 Å². The van der Waals surface area contributed by atoms with Crippen molar-refractivity contribution in [2.24, 2.45) is 5.73 Å². The monoisotopic (exact) mass is 267 g/mol. The third-order valence-corrected chi connectivity index (χ3v) is 4.85. The molecule has 2 N–H and O–H groups in total. The van der Waals surface area contributed by atoms with E-state index >= 15 is 0 Å². The zero-order valence-electron chi connectivity index (χ0n) is 9.85. The maximum absolute atomic E-state index is 11.1. The van der Waals surface area contributed by atoms with Gasteiger partial charge in [-0.1, -0.05) is 11.8 Å². The van der Waals surface area contributed by atoms with E-state index in [4.69, 9.17) is 5.73 Å². The highest BCUT2D eigenvalue weighted by Crippen LogP contribution is 2.35. The zero-order chi connectivity index (χ0) is 12.6. The number of thioether (sulfide) groups is 1. The van der Waals surface area contributed by atoms with Crippen molar-refractivity contribution in [2.45, 2.75) is 31.0 Å². The minimum atomic E-state index is -0.327. The van der Waals surface area contributed by atoms with E-state index in [1.807, 2.05) is 0 Å². The summed E-state index contributed by atoms with van der Waals surface area (Å²) in [5.41, 5.74) is 6.46. The third-order valence-electron chi connectivity index (χ3n) is 2.62. The molecule has 1 amide bonds. The number of carbonyl (C=O) groups is 1. The van der Waals surface area contributed by atoms with Gasteiger partial charge >= 0.3 is 0 Å². The van der Waals surface area contributed by atoms with Crippen LogP contribution in [0.15, 0.2) is 11.4 Å². The number of hydrogen-bond acceptors (Lipinski definition) is 5. The van der Waals surface area contributed by atoms with Crippen molar-refractivity contribution in [2.75, 3.05) is 0 Å². The maximum Gasteiger partial charge on any atom is 0.230 e. The Balaban J connectivity index is 2.50. The molecule has 2 heterocycles. The molecular weight excluding hydrogens is 254 g/mol. The van der Waals surface area contributed by atoms with Crippen LogP contribution in [0.3, 0.4) is 0 Å². The van der Waals surface area contributed by atoms with Gasteiger partial charge in [0.05, 0.1) is 5.25 Å². The highest BCUT2D eigenvalue weighted by Gasteiger charge is 2.17. The van der Waals surface area contributed by atoms with E-state index in [0.29, 0.717) is 0 Å². The standard InChI is InChI=1S/C11H13N3OS2/c1-5-6(2)16-10-8(5)11(14-4-13-10)17-7(3)9(12)15/h4,7H,1-3H3,(H2,12,15)/t7-/m1/s1. The van der Waals surface area contributed by atoms with Crippen molar-refractivity contribution in [3.05, 3.63) is 16.8 Å². The number of carbonyl (C=O) groups excluding carboxylic acids is 1. The summed E-state index contributed by atoms with van der Waals surface area (Å²) in [4.78, 5) is 21.8. The van der Waals surface area contributed by atoms with Gasteiger partial charge in [-0.3, -0.25) is 4.79 Å². The van der Waals surface area contributed by atoms with E-state index in [0.717, 1.165) is 15.2 Å². The fourth-order valence-electron chi connectivity index (χ4n) is 1.46. The van der Waals surface area contributed by atoms with Gasteiger partial charge in [0.15, 0.2) is 0 Å². The van der Waals surface area contributed by atoms with Crippen molar-refractivity contribution >= 4 is 39.2 Å². The van der Waals surface area contributed by atoms with Crippen LogP contribution in [0.1, 0.15) is 17.4 Å². The highest BCUT2D eigenvalue weighted by atomic mass is 32.2. The number of primary amides is 1. The van der Waals surface area contributed by atoms with Crippen molar-refractivity contribution < 1.29 is 4.79 Å². The van der Waals surface area contributed by atoms with Crippen LogP contribution in [-0.4, -0.2) is 21.1 Å². The number of aromatic nitrogens is 2. The van der Waals surface area contributed by atoms with Gasteiger partial charge in [-0.25, -0.2) is 9.97 Å². The van der Waals surface area contributed by atoms with E-state index in [1.54, 1.807) is 18.3 Å². The van der Waals surface area contributed by atoms with Crippen LogP contribution in [0.4, 0.5) is 0 Å². The Morgan fingerprint density at radius 1 is 1.47 bits per heavy atom. The lowest BCUT2D eigenvalue weighted by atomic mass is 10.2. The minimum Gasteiger partial charge on any atom is -0.369 e. The molecule has 2 aromatic heterocycles. The normalized spacial score (nSPS) is 12.9. The largest absolute Gasteiger partial charge is 0.369 e. The molecule has 4 nitrogen and oxygen atoms in total. The lowest BCUT2D eigenvalue weighted by Gasteiger charge is -2.07. The molecule has 0 aliphatic carbocycles. The van der Waals surface area contributed by atoms with Crippen LogP contribution in [-0.2, 0) is 4.79 Å². The number of nitrogens with zero attached hydrogens (tertiary/aromatic N) is 2. The summed E-state index contributed by atoms with van der Waals surface area (Å²) < 4.78 is 0. The predicted molar refractivity (Wildman–Crippen MR) is 71.4 cm³/mol. The van der Waals surface area contributed by atoms with Gasteiger partial charge in [0.2, 0.25) is 5.91 Å². The van der Waals surface area contributed by atoms with E-state index in [2.05, 4.69) is 23.8 Å². The number of rotatable bonds is 3. The molecule has 2 rings (SSSR count). The van der Waals surface area contributed by atoms with Gasteiger partial charge in [0.25, 0.3) is 0 Å². The van der Waals surface area contributed by atoms with Crippen molar-refractivity contribution in [1.29, 1.82) is 0 Å². The molecule has 0 aromatic carbocycles. The first-order valence-electron chi connectivity index (χ1n) is 5.17. The van der Waals surface area contributed by atoms with Gasteiger partial charge in [0.1, 0.15) is 16.2 Å². The fraction of sp³-hybridized carbons (Fsp3) is 0.364. The molecular formula is C11H13N3OS2. The second kappa shape index (κ2) is 4.62. The molecule has 0 aliphatic heterocycles. The van der Waals surface area contributed by atoms with Gasteiger partial charge in [-0.15, -0.1) is 11.3 Å². The molecule has 17 heavy (non-hydrogen) atoms. The van der Waals surface area contributed by atoms with Crippen LogP contribution < -0.4 is 5.73 Å². The quantitative estimate of drug-likeness (QED) is 0.684. The van der Waals surface area contributed by atoms with Crippen LogP contribution in [0.25, 0.3) is 10.2 Å². The SMILES string of the molecule is Cc1sc2ncnc(S[C@H](C)C(N)=O)c2c1C. The minimum absolute atomic E-state index is 0.285. The molecule has 0 radical (unpaired) electrons. The Labute approximate surface area is 108 Å². The number of aryl methyl sites for hydroxylation is 2. The summed E-state index contributed by atoms with van der Waals surface area (Å²) in [6.07, 6.45) is 1.54. The number of amides is 1. The molecule has 0 bridgehead atoms. The van der Waals surface area contributed by atoms with Gasteiger partial charge in [-0.2, -0.15) is 0 Å². The number of nitrogens with two attached hydrogens (primary N) is 1. The van der Waals surface area contributed by atoms with E-state index in [-0.39, 0.29) is 11.2 Å². The van der Waals surface area contributed by atoms with Crippen molar-refractivity contribution in [1.82, 2.24) is 9.97 Å². The molecule has 0 unspecified atom stereocenters. The smallest absolute Gasteiger partial charge is 0.230 e. The molecule has 0 saturated carbocycles.